The highest BCUT2D eigenvalue weighted by molar-refractivity contribution is 9.10. The molecule has 1 N–H and O–H groups in total. The fourth-order valence-electron chi connectivity index (χ4n) is 2.44. The van der Waals surface area contributed by atoms with Gasteiger partial charge in [0.1, 0.15) is 5.41 Å². The van der Waals surface area contributed by atoms with Crippen LogP contribution in [0.25, 0.3) is 0 Å². The number of hydrogen-bond donors (Lipinski definition) is 1. The summed E-state index contributed by atoms with van der Waals surface area (Å²) >= 11 is 3.43. The van der Waals surface area contributed by atoms with Gasteiger partial charge in [0.05, 0.1) is 6.07 Å². The summed E-state index contributed by atoms with van der Waals surface area (Å²) in [5.41, 5.74) is 0.920. The maximum atomic E-state index is 12.2. The third kappa shape index (κ3) is 2.15. The van der Waals surface area contributed by atoms with E-state index >= 15 is 0 Å². The molecule has 1 aliphatic carbocycles. The number of halogens is 1. The van der Waals surface area contributed by atoms with Gasteiger partial charge in [0.15, 0.2) is 0 Å². The van der Waals surface area contributed by atoms with E-state index in [4.69, 9.17) is 0 Å². The Morgan fingerprint density at radius 1 is 1.56 bits per heavy atom. The van der Waals surface area contributed by atoms with Crippen molar-refractivity contribution in [3.05, 3.63) is 28.2 Å². The lowest BCUT2D eigenvalue weighted by Crippen LogP contribution is -2.45. The minimum Gasteiger partial charge on any atom is -0.324 e. The molecule has 0 atom stereocenters. The molecule has 1 aliphatic rings. The molecule has 4 heteroatoms. The van der Waals surface area contributed by atoms with Gasteiger partial charge in [0.2, 0.25) is 5.91 Å². The monoisotopic (exact) mass is 306 g/mol. The summed E-state index contributed by atoms with van der Waals surface area (Å²) in [6.45, 7) is 4.00. The number of amides is 1. The zero-order chi connectivity index (χ0) is 13.3. The standard InChI is InChI=1S/C14H15BrN2O/c1-9-6-14(7-9,8-16)13(18)17-12-5-3-4-11(15)10(12)2/h3-5,9H,6-7H2,1-2H3,(H,17,18). The van der Waals surface area contributed by atoms with Gasteiger partial charge in [-0.15, -0.1) is 0 Å². The van der Waals surface area contributed by atoms with Crippen LogP contribution >= 0.6 is 15.9 Å². The molecular formula is C14H15BrN2O. The number of anilines is 1. The molecular weight excluding hydrogens is 292 g/mol. The van der Waals surface area contributed by atoms with Crippen molar-refractivity contribution < 1.29 is 4.79 Å². The van der Waals surface area contributed by atoms with Crippen LogP contribution in [-0.2, 0) is 4.79 Å². The minimum atomic E-state index is -0.825. The van der Waals surface area contributed by atoms with Gasteiger partial charge in [-0.3, -0.25) is 4.79 Å². The molecule has 94 valence electrons. The van der Waals surface area contributed by atoms with E-state index in [9.17, 15) is 10.1 Å². The molecule has 0 saturated heterocycles. The molecule has 0 bridgehead atoms. The molecule has 0 unspecified atom stereocenters. The van der Waals surface area contributed by atoms with Gasteiger partial charge in [-0.25, -0.2) is 0 Å². The maximum absolute atomic E-state index is 12.2. The molecule has 1 aromatic rings. The Labute approximate surface area is 115 Å². The fourth-order valence-corrected chi connectivity index (χ4v) is 2.81. The first-order valence-corrected chi connectivity index (χ1v) is 6.75. The Hall–Kier alpha value is -1.34. The molecule has 1 saturated carbocycles. The minimum absolute atomic E-state index is 0.177. The molecule has 0 spiro atoms. The van der Waals surface area contributed by atoms with Crippen LogP contribution in [0.3, 0.4) is 0 Å². The number of rotatable bonds is 2. The molecule has 2 rings (SSSR count). The number of carbonyl (C=O) groups is 1. The Bertz CT molecular complexity index is 527. The smallest absolute Gasteiger partial charge is 0.244 e. The largest absolute Gasteiger partial charge is 0.324 e. The van der Waals surface area contributed by atoms with Crippen LogP contribution in [0, 0.1) is 29.6 Å². The summed E-state index contributed by atoms with van der Waals surface area (Å²) in [4.78, 5) is 12.2. The van der Waals surface area contributed by atoms with Crippen LogP contribution < -0.4 is 5.32 Å². The second-order valence-corrected chi connectivity index (χ2v) is 5.93. The van der Waals surface area contributed by atoms with E-state index in [2.05, 4.69) is 34.2 Å². The van der Waals surface area contributed by atoms with Gasteiger partial charge in [0, 0.05) is 10.2 Å². The number of carbonyl (C=O) groups excluding carboxylic acids is 1. The van der Waals surface area contributed by atoms with E-state index < -0.39 is 5.41 Å². The average Bonchev–Trinajstić information content (AvgIpc) is 2.30. The fraction of sp³-hybridized carbons (Fsp3) is 0.429. The number of nitrogens with zero attached hydrogens (tertiary/aromatic N) is 1. The molecule has 18 heavy (non-hydrogen) atoms. The van der Waals surface area contributed by atoms with Crippen molar-refractivity contribution in [2.45, 2.75) is 26.7 Å². The predicted octanol–water partition coefficient (Wildman–Crippen LogP) is 3.64. The first-order chi connectivity index (χ1) is 8.48. The molecule has 0 radical (unpaired) electrons. The van der Waals surface area contributed by atoms with Crippen molar-refractivity contribution in [1.29, 1.82) is 5.26 Å². The van der Waals surface area contributed by atoms with E-state index in [1.165, 1.54) is 0 Å². The quantitative estimate of drug-likeness (QED) is 0.907. The Kier molecular flexibility index (Phi) is 3.45. The van der Waals surface area contributed by atoms with Crippen LogP contribution in [0.4, 0.5) is 5.69 Å². The maximum Gasteiger partial charge on any atom is 0.244 e. The first kappa shape index (κ1) is 13.1. The number of nitrogens with one attached hydrogen (secondary N) is 1. The topological polar surface area (TPSA) is 52.9 Å². The molecule has 1 amide bonds. The third-order valence-electron chi connectivity index (χ3n) is 3.56. The highest BCUT2D eigenvalue weighted by Gasteiger charge is 2.49. The Morgan fingerprint density at radius 3 is 2.78 bits per heavy atom. The Morgan fingerprint density at radius 2 is 2.22 bits per heavy atom. The van der Waals surface area contributed by atoms with Crippen LogP contribution in [0.1, 0.15) is 25.3 Å². The van der Waals surface area contributed by atoms with E-state index in [-0.39, 0.29) is 5.91 Å². The Balaban J connectivity index is 2.18. The van der Waals surface area contributed by atoms with Gasteiger partial charge in [-0.05, 0) is 43.4 Å². The lowest BCUT2D eigenvalue weighted by atomic mass is 9.63. The highest BCUT2D eigenvalue weighted by Crippen LogP contribution is 2.45. The molecule has 0 aromatic heterocycles. The van der Waals surface area contributed by atoms with Gasteiger partial charge in [-0.2, -0.15) is 5.26 Å². The zero-order valence-corrected chi connectivity index (χ0v) is 12.0. The molecule has 0 heterocycles. The van der Waals surface area contributed by atoms with Crippen molar-refractivity contribution in [2.24, 2.45) is 11.3 Å². The number of hydrogen-bond acceptors (Lipinski definition) is 2. The molecule has 1 aromatic carbocycles. The lowest BCUT2D eigenvalue weighted by molar-refractivity contribution is -0.128. The predicted molar refractivity (Wildman–Crippen MR) is 74.0 cm³/mol. The second-order valence-electron chi connectivity index (χ2n) is 5.07. The summed E-state index contributed by atoms with van der Waals surface area (Å²) < 4.78 is 0.952. The average molecular weight is 307 g/mol. The molecule has 0 aliphatic heterocycles. The van der Waals surface area contributed by atoms with E-state index in [1.54, 1.807) is 0 Å². The van der Waals surface area contributed by atoms with Gasteiger partial charge < -0.3 is 5.32 Å². The van der Waals surface area contributed by atoms with Crippen molar-refractivity contribution in [3.8, 4) is 6.07 Å². The SMILES string of the molecule is Cc1c(Br)cccc1NC(=O)C1(C#N)CC(C)C1. The van der Waals surface area contributed by atoms with Crippen molar-refractivity contribution in [3.63, 3.8) is 0 Å². The van der Waals surface area contributed by atoms with Gasteiger partial charge in [0.25, 0.3) is 0 Å². The number of nitriles is 1. The van der Waals surface area contributed by atoms with E-state index in [1.807, 2.05) is 25.1 Å². The van der Waals surface area contributed by atoms with Crippen LogP contribution in [0.2, 0.25) is 0 Å². The summed E-state index contributed by atoms with van der Waals surface area (Å²) in [5, 5.41) is 12.1. The van der Waals surface area contributed by atoms with Crippen molar-refractivity contribution in [2.75, 3.05) is 5.32 Å². The van der Waals surface area contributed by atoms with Crippen molar-refractivity contribution in [1.82, 2.24) is 0 Å². The lowest BCUT2D eigenvalue weighted by Gasteiger charge is -2.39. The van der Waals surface area contributed by atoms with Gasteiger partial charge >= 0.3 is 0 Å². The third-order valence-corrected chi connectivity index (χ3v) is 4.42. The highest BCUT2D eigenvalue weighted by atomic mass is 79.9. The summed E-state index contributed by atoms with van der Waals surface area (Å²) in [6.07, 6.45) is 1.31. The normalized spacial score (nSPS) is 26.0. The van der Waals surface area contributed by atoms with Crippen molar-refractivity contribution >= 4 is 27.5 Å². The summed E-state index contributed by atoms with van der Waals surface area (Å²) in [7, 11) is 0. The van der Waals surface area contributed by atoms with E-state index in [0.29, 0.717) is 18.8 Å². The summed E-state index contributed by atoms with van der Waals surface area (Å²) in [5.74, 6) is 0.281. The number of benzene rings is 1. The van der Waals surface area contributed by atoms with Gasteiger partial charge in [-0.1, -0.05) is 28.9 Å². The van der Waals surface area contributed by atoms with E-state index in [0.717, 1.165) is 15.7 Å². The first-order valence-electron chi connectivity index (χ1n) is 5.96. The summed E-state index contributed by atoms with van der Waals surface area (Å²) in [6, 6.07) is 7.83. The zero-order valence-electron chi connectivity index (χ0n) is 10.5. The van der Waals surface area contributed by atoms with Crippen LogP contribution in [0.5, 0.6) is 0 Å². The van der Waals surface area contributed by atoms with Crippen LogP contribution in [0.15, 0.2) is 22.7 Å². The van der Waals surface area contributed by atoms with Crippen LogP contribution in [-0.4, -0.2) is 5.91 Å². The second kappa shape index (κ2) is 4.74. The molecule has 3 nitrogen and oxygen atoms in total. The molecule has 1 fully saturated rings.